The number of halogens is 2. The van der Waals surface area contributed by atoms with Crippen molar-refractivity contribution >= 4 is 40.5 Å². The Labute approximate surface area is 211 Å². The highest BCUT2D eigenvalue weighted by Gasteiger charge is 2.27. The second kappa shape index (κ2) is 9.05. The number of rotatable bonds is 5. The van der Waals surface area contributed by atoms with Gasteiger partial charge in [-0.25, -0.2) is 13.8 Å². The maximum absolute atomic E-state index is 15.3. The van der Waals surface area contributed by atoms with E-state index in [1.807, 2.05) is 0 Å². The molecule has 1 aliphatic heterocycles. The number of allylic oxidation sites excluding steroid dienone is 1. The van der Waals surface area contributed by atoms with Crippen molar-refractivity contribution in [1.29, 1.82) is 0 Å². The molecule has 4 aromatic rings. The Hall–Kier alpha value is -4.72. The van der Waals surface area contributed by atoms with Gasteiger partial charge in [-0.05, 0) is 43.7 Å². The molecular weight excluding hydrogens is 474 g/mol. The highest BCUT2D eigenvalue weighted by atomic mass is 19.1. The van der Waals surface area contributed by atoms with Gasteiger partial charge in [0.15, 0.2) is 0 Å². The summed E-state index contributed by atoms with van der Waals surface area (Å²) in [5.41, 5.74) is 3.67. The van der Waals surface area contributed by atoms with Crippen LogP contribution in [0.4, 0.5) is 14.5 Å². The second-order valence-electron chi connectivity index (χ2n) is 8.80. The summed E-state index contributed by atoms with van der Waals surface area (Å²) in [7, 11) is 0. The SMILES string of the molecule is C=C1NC=Nc2cc(F)c(Cn3c(C(=C)O)c(-c4ccc[nH]c4=O)c4c(C)c(/C=C\C)c(F)cc43)cc21. The van der Waals surface area contributed by atoms with Crippen LogP contribution in [0.15, 0.2) is 65.5 Å². The highest BCUT2D eigenvalue weighted by molar-refractivity contribution is 6.04. The van der Waals surface area contributed by atoms with E-state index < -0.39 is 11.6 Å². The van der Waals surface area contributed by atoms with Crippen LogP contribution < -0.4 is 10.9 Å². The van der Waals surface area contributed by atoms with Crippen molar-refractivity contribution in [2.45, 2.75) is 20.4 Å². The first kappa shape index (κ1) is 24.0. The fourth-order valence-electron chi connectivity index (χ4n) is 4.90. The smallest absolute Gasteiger partial charge is 0.255 e. The molecule has 5 rings (SSSR count). The standard InChI is InChI=1S/C29H24F2N4O2/c1-5-7-19-15(2)26-25(12-23(19)31)35(28(17(4)36)27(26)20-8-6-9-32-29(20)37)13-18-10-21-16(3)33-14-34-24(21)11-22(18)30/h5-12,14,36H,3-4,13H2,1-2H3,(H,32,37)(H,33,34)/b7-5-. The Morgan fingerprint density at radius 3 is 2.70 bits per heavy atom. The lowest BCUT2D eigenvalue weighted by Crippen LogP contribution is -2.14. The number of aliphatic imine (C=N–C) groups is 1. The summed E-state index contributed by atoms with van der Waals surface area (Å²) in [6.45, 7) is 11.1. The number of pyridine rings is 1. The number of aryl methyl sites for hydroxylation is 1. The predicted octanol–water partition coefficient (Wildman–Crippen LogP) is 6.43. The molecule has 6 nitrogen and oxygen atoms in total. The minimum Gasteiger partial charge on any atom is -0.506 e. The molecule has 0 atom stereocenters. The van der Waals surface area contributed by atoms with Crippen molar-refractivity contribution in [2.24, 2.45) is 4.99 Å². The molecule has 0 radical (unpaired) electrons. The Bertz CT molecular complexity index is 1740. The maximum Gasteiger partial charge on any atom is 0.255 e. The van der Waals surface area contributed by atoms with Crippen LogP contribution >= 0.6 is 0 Å². The van der Waals surface area contributed by atoms with E-state index >= 15 is 8.78 Å². The molecule has 0 saturated heterocycles. The number of benzene rings is 2. The first-order chi connectivity index (χ1) is 17.7. The van der Waals surface area contributed by atoms with Crippen LogP contribution in [0.5, 0.6) is 0 Å². The number of hydrogen-bond acceptors (Lipinski definition) is 4. The molecule has 37 heavy (non-hydrogen) atoms. The van der Waals surface area contributed by atoms with Gasteiger partial charge in [-0.1, -0.05) is 25.3 Å². The van der Waals surface area contributed by atoms with Gasteiger partial charge in [0.05, 0.1) is 29.8 Å². The zero-order valence-electron chi connectivity index (χ0n) is 20.3. The number of aliphatic hydroxyl groups excluding tert-OH is 1. The lowest BCUT2D eigenvalue weighted by Gasteiger charge is -2.17. The topological polar surface area (TPSA) is 82.4 Å². The number of H-pyrrole nitrogens is 1. The number of hydrogen-bond donors (Lipinski definition) is 3. The van der Waals surface area contributed by atoms with Gasteiger partial charge in [0.2, 0.25) is 0 Å². The van der Waals surface area contributed by atoms with Crippen LogP contribution in [0.2, 0.25) is 0 Å². The summed E-state index contributed by atoms with van der Waals surface area (Å²) in [6, 6.07) is 7.56. The molecule has 0 saturated carbocycles. The third-order valence-corrected chi connectivity index (χ3v) is 6.56. The van der Waals surface area contributed by atoms with Crippen molar-refractivity contribution < 1.29 is 13.9 Å². The van der Waals surface area contributed by atoms with Gasteiger partial charge in [0, 0.05) is 51.2 Å². The first-order valence-corrected chi connectivity index (χ1v) is 11.6. The molecule has 8 heteroatoms. The number of nitrogens with one attached hydrogen (secondary N) is 2. The summed E-state index contributed by atoms with van der Waals surface area (Å²) < 4.78 is 32.2. The quantitative estimate of drug-likeness (QED) is 0.278. The molecule has 1 aliphatic rings. The normalized spacial score (nSPS) is 12.8. The fraction of sp³-hybridized carbons (Fsp3) is 0.103. The zero-order chi connectivity index (χ0) is 26.4. The minimum atomic E-state index is -0.524. The molecule has 0 aliphatic carbocycles. The van der Waals surface area contributed by atoms with Crippen LogP contribution in [0.1, 0.15) is 34.9 Å². The third-order valence-electron chi connectivity index (χ3n) is 6.56. The number of fused-ring (bicyclic) bond motifs is 2. The van der Waals surface area contributed by atoms with Crippen LogP contribution in [0.3, 0.4) is 0 Å². The predicted molar refractivity (Wildman–Crippen MR) is 145 cm³/mol. The molecular formula is C29H24F2N4O2. The van der Waals surface area contributed by atoms with Crippen molar-refractivity contribution in [3.8, 4) is 11.1 Å². The van der Waals surface area contributed by atoms with Gasteiger partial charge in [0.1, 0.15) is 17.4 Å². The molecule has 0 fully saturated rings. The van der Waals surface area contributed by atoms with Gasteiger partial charge in [-0.2, -0.15) is 0 Å². The van der Waals surface area contributed by atoms with Gasteiger partial charge in [-0.15, -0.1) is 0 Å². The third kappa shape index (κ3) is 3.87. The summed E-state index contributed by atoms with van der Waals surface area (Å²) in [5.74, 6) is -1.34. The van der Waals surface area contributed by atoms with E-state index in [2.05, 4.69) is 28.5 Å². The summed E-state index contributed by atoms with van der Waals surface area (Å²) in [4.78, 5) is 19.7. The second-order valence-corrected chi connectivity index (χ2v) is 8.80. The maximum atomic E-state index is 15.3. The number of aromatic amines is 1. The van der Waals surface area contributed by atoms with E-state index in [9.17, 15) is 9.90 Å². The van der Waals surface area contributed by atoms with Gasteiger partial charge < -0.3 is 20.0 Å². The fourth-order valence-corrected chi connectivity index (χ4v) is 4.90. The lowest BCUT2D eigenvalue weighted by atomic mass is 9.96. The molecule has 2 aromatic heterocycles. The van der Waals surface area contributed by atoms with E-state index in [-0.39, 0.29) is 34.7 Å². The first-order valence-electron chi connectivity index (χ1n) is 11.6. The molecule has 0 unspecified atom stereocenters. The lowest BCUT2D eigenvalue weighted by molar-refractivity contribution is 0.504. The van der Waals surface area contributed by atoms with E-state index in [0.29, 0.717) is 44.5 Å². The summed E-state index contributed by atoms with van der Waals surface area (Å²) in [6.07, 6.45) is 6.31. The zero-order valence-corrected chi connectivity index (χ0v) is 20.3. The van der Waals surface area contributed by atoms with Crippen molar-refractivity contribution in [3.05, 3.63) is 106 Å². The van der Waals surface area contributed by atoms with Gasteiger partial charge in [0.25, 0.3) is 5.56 Å². The Balaban J connectivity index is 1.88. The number of aromatic nitrogens is 2. The van der Waals surface area contributed by atoms with E-state index in [4.69, 9.17) is 0 Å². The molecule has 0 amide bonds. The van der Waals surface area contributed by atoms with Crippen LogP contribution in [0, 0.1) is 18.6 Å². The van der Waals surface area contributed by atoms with Gasteiger partial charge >= 0.3 is 0 Å². The largest absolute Gasteiger partial charge is 0.506 e. The minimum absolute atomic E-state index is 0.0753. The van der Waals surface area contributed by atoms with Crippen LogP contribution in [-0.4, -0.2) is 21.0 Å². The Morgan fingerprint density at radius 2 is 2.00 bits per heavy atom. The summed E-state index contributed by atoms with van der Waals surface area (Å²) in [5, 5.41) is 14.3. The van der Waals surface area contributed by atoms with Crippen molar-refractivity contribution in [2.75, 3.05) is 0 Å². The van der Waals surface area contributed by atoms with Crippen molar-refractivity contribution in [1.82, 2.24) is 14.9 Å². The Kier molecular flexibility index (Phi) is 5.87. The molecule has 3 heterocycles. The molecule has 186 valence electrons. The van der Waals surface area contributed by atoms with E-state index in [1.54, 1.807) is 48.8 Å². The van der Waals surface area contributed by atoms with Gasteiger partial charge in [-0.3, -0.25) is 4.79 Å². The summed E-state index contributed by atoms with van der Waals surface area (Å²) >= 11 is 0. The highest BCUT2D eigenvalue weighted by Crippen LogP contribution is 2.41. The van der Waals surface area contributed by atoms with Crippen LogP contribution in [-0.2, 0) is 6.54 Å². The molecule has 0 spiro atoms. The number of aliphatic hydroxyl groups is 1. The Morgan fingerprint density at radius 1 is 1.22 bits per heavy atom. The molecule has 0 bridgehead atoms. The van der Waals surface area contributed by atoms with Crippen LogP contribution in [0.25, 0.3) is 39.6 Å². The van der Waals surface area contributed by atoms with Crippen molar-refractivity contribution in [3.63, 3.8) is 0 Å². The number of nitrogens with zero attached hydrogens (tertiary/aromatic N) is 2. The molecule has 3 N–H and O–H groups in total. The van der Waals surface area contributed by atoms with E-state index in [0.717, 1.165) is 0 Å². The molecule has 2 aromatic carbocycles. The van der Waals surface area contributed by atoms with E-state index in [1.165, 1.54) is 24.7 Å². The average molecular weight is 499 g/mol. The monoisotopic (exact) mass is 498 g/mol. The average Bonchev–Trinajstić information content (AvgIpc) is 3.17.